The molecule has 0 radical (unpaired) electrons. The summed E-state index contributed by atoms with van der Waals surface area (Å²) in [4.78, 5) is 2.72. The molecule has 0 saturated carbocycles. The predicted molar refractivity (Wildman–Crippen MR) is 87.2 cm³/mol. The van der Waals surface area contributed by atoms with Crippen LogP contribution in [0.3, 0.4) is 0 Å². The van der Waals surface area contributed by atoms with E-state index in [9.17, 15) is 0 Å². The number of anilines is 1. The van der Waals surface area contributed by atoms with Gasteiger partial charge in [0.25, 0.3) is 0 Å². The summed E-state index contributed by atoms with van der Waals surface area (Å²) in [6.45, 7) is 10.5. The van der Waals surface area contributed by atoms with Crippen LogP contribution in [0, 0.1) is 19.3 Å². The van der Waals surface area contributed by atoms with Crippen molar-refractivity contribution in [3.63, 3.8) is 0 Å². The van der Waals surface area contributed by atoms with Crippen molar-refractivity contribution < 1.29 is 0 Å². The van der Waals surface area contributed by atoms with Gasteiger partial charge in [-0.15, -0.1) is 5.10 Å². The zero-order chi connectivity index (χ0) is 14.9. The zero-order valence-electron chi connectivity index (χ0n) is 12.9. The molecular formula is C15H24N4S. The molecular weight excluding hydrogens is 268 g/mol. The van der Waals surface area contributed by atoms with Gasteiger partial charge in [0.1, 0.15) is 4.99 Å². The Morgan fingerprint density at radius 1 is 1.30 bits per heavy atom. The van der Waals surface area contributed by atoms with Gasteiger partial charge in [-0.1, -0.05) is 26.1 Å². The monoisotopic (exact) mass is 292 g/mol. The highest BCUT2D eigenvalue weighted by atomic mass is 32.1. The van der Waals surface area contributed by atoms with Gasteiger partial charge in [-0.05, 0) is 44.1 Å². The zero-order valence-corrected chi connectivity index (χ0v) is 13.7. The van der Waals surface area contributed by atoms with Crippen LogP contribution in [-0.4, -0.2) is 28.3 Å². The van der Waals surface area contributed by atoms with Gasteiger partial charge in [0, 0.05) is 13.1 Å². The molecule has 0 atom stereocenters. The molecule has 20 heavy (non-hydrogen) atoms. The summed E-state index contributed by atoms with van der Waals surface area (Å²) in [5.41, 5.74) is 9.16. The fraction of sp³-hybridized carbons (Fsp3) is 0.667. The Kier molecular flexibility index (Phi) is 4.28. The average molecular weight is 292 g/mol. The van der Waals surface area contributed by atoms with E-state index >= 15 is 0 Å². The number of rotatable bonds is 4. The van der Waals surface area contributed by atoms with Crippen LogP contribution in [0.1, 0.15) is 49.9 Å². The summed E-state index contributed by atoms with van der Waals surface area (Å²) in [6.07, 6.45) is 3.59. The summed E-state index contributed by atoms with van der Waals surface area (Å²) in [7, 11) is 0. The minimum absolute atomic E-state index is 0.397. The predicted octanol–water partition coefficient (Wildman–Crippen LogP) is 2.74. The molecule has 5 heteroatoms. The van der Waals surface area contributed by atoms with Crippen molar-refractivity contribution in [3.05, 3.63) is 16.8 Å². The molecule has 1 aliphatic heterocycles. The summed E-state index contributed by atoms with van der Waals surface area (Å²) < 4.78 is 0. The number of hydrogen-bond donors (Lipinski definition) is 1. The highest BCUT2D eigenvalue weighted by Crippen LogP contribution is 2.39. The smallest absolute Gasteiger partial charge is 0.161 e. The van der Waals surface area contributed by atoms with Gasteiger partial charge in [0.15, 0.2) is 5.82 Å². The maximum absolute atomic E-state index is 5.92. The number of thiocarbonyl (C=S) groups is 1. The lowest BCUT2D eigenvalue weighted by atomic mass is 9.82. The lowest BCUT2D eigenvalue weighted by Crippen LogP contribution is -2.30. The third kappa shape index (κ3) is 2.51. The molecule has 0 bridgehead atoms. The summed E-state index contributed by atoms with van der Waals surface area (Å²) >= 11 is 5.23. The summed E-state index contributed by atoms with van der Waals surface area (Å²) in [5, 5.41) is 8.64. The Morgan fingerprint density at radius 3 is 2.45 bits per heavy atom. The van der Waals surface area contributed by atoms with E-state index in [0.29, 0.717) is 10.4 Å². The molecule has 1 aliphatic rings. The quantitative estimate of drug-likeness (QED) is 0.865. The molecule has 0 aromatic carbocycles. The first-order chi connectivity index (χ1) is 9.44. The van der Waals surface area contributed by atoms with E-state index in [1.165, 1.54) is 19.3 Å². The van der Waals surface area contributed by atoms with Crippen LogP contribution in [0.4, 0.5) is 5.82 Å². The second kappa shape index (κ2) is 5.64. The Balaban J connectivity index is 2.40. The largest absolute Gasteiger partial charge is 0.389 e. The minimum Gasteiger partial charge on any atom is -0.389 e. The molecule has 110 valence electrons. The van der Waals surface area contributed by atoms with E-state index in [2.05, 4.69) is 28.9 Å². The first-order valence-electron chi connectivity index (χ1n) is 7.32. The maximum Gasteiger partial charge on any atom is 0.161 e. The van der Waals surface area contributed by atoms with Crippen molar-refractivity contribution in [2.75, 3.05) is 18.0 Å². The van der Waals surface area contributed by atoms with Gasteiger partial charge in [-0.3, -0.25) is 0 Å². The second-order valence-corrected chi connectivity index (χ2v) is 6.29. The minimum atomic E-state index is 0.397. The van der Waals surface area contributed by atoms with E-state index in [4.69, 9.17) is 18.0 Å². The van der Waals surface area contributed by atoms with Crippen molar-refractivity contribution in [2.45, 2.75) is 47.0 Å². The molecule has 2 rings (SSSR count). The maximum atomic E-state index is 5.92. The van der Waals surface area contributed by atoms with Crippen molar-refractivity contribution in [1.29, 1.82) is 0 Å². The fourth-order valence-corrected chi connectivity index (χ4v) is 3.30. The van der Waals surface area contributed by atoms with Gasteiger partial charge < -0.3 is 10.6 Å². The van der Waals surface area contributed by atoms with Crippen LogP contribution in [0.5, 0.6) is 0 Å². The Bertz CT molecular complexity index is 523. The van der Waals surface area contributed by atoms with E-state index in [-0.39, 0.29) is 0 Å². The molecule has 1 fully saturated rings. The van der Waals surface area contributed by atoms with E-state index < -0.39 is 0 Å². The lowest BCUT2D eigenvalue weighted by Gasteiger charge is -2.27. The van der Waals surface area contributed by atoms with Gasteiger partial charge in [0.2, 0.25) is 0 Å². The number of nitrogens with two attached hydrogens (primary N) is 1. The third-order valence-corrected chi connectivity index (χ3v) is 5.12. The van der Waals surface area contributed by atoms with Crippen LogP contribution < -0.4 is 10.6 Å². The Labute approximate surface area is 126 Å². The molecule has 0 aliphatic carbocycles. The molecule has 1 aromatic rings. The first-order valence-corrected chi connectivity index (χ1v) is 7.73. The van der Waals surface area contributed by atoms with Crippen molar-refractivity contribution in [1.82, 2.24) is 10.2 Å². The second-order valence-electron chi connectivity index (χ2n) is 5.85. The van der Waals surface area contributed by atoms with E-state index in [1.807, 2.05) is 13.8 Å². The Morgan fingerprint density at radius 2 is 1.95 bits per heavy atom. The van der Waals surface area contributed by atoms with Crippen molar-refractivity contribution >= 4 is 23.0 Å². The van der Waals surface area contributed by atoms with Crippen LogP contribution in [-0.2, 0) is 0 Å². The molecule has 0 amide bonds. The highest BCUT2D eigenvalue weighted by Gasteiger charge is 2.36. The fourth-order valence-electron chi connectivity index (χ4n) is 3.06. The van der Waals surface area contributed by atoms with Gasteiger partial charge in [-0.2, -0.15) is 5.10 Å². The highest BCUT2D eigenvalue weighted by molar-refractivity contribution is 7.80. The molecule has 0 unspecified atom stereocenters. The van der Waals surface area contributed by atoms with Crippen LogP contribution in [0.25, 0.3) is 0 Å². The molecule has 4 nitrogen and oxygen atoms in total. The topological polar surface area (TPSA) is 55.0 Å². The molecule has 1 aromatic heterocycles. The normalized spacial score (nSPS) is 17.5. The third-order valence-electron chi connectivity index (χ3n) is 4.92. The number of nitrogens with zero attached hydrogens (tertiary/aromatic N) is 3. The summed E-state index contributed by atoms with van der Waals surface area (Å²) in [6, 6.07) is 0. The number of hydrogen-bond acceptors (Lipinski definition) is 4. The molecule has 2 heterocycles. The summed E-state index contributed by atoms with van der Waals surface area (Å²) in [5.74, 6) is 0.865. The molecule has 2 N–H and O–H groups in total. The van der Waals surface area contributed by atoms with Crippen LogP contribution in [0.2, 0.25) is 0 Å². The van der Waals surface area contributed by atoms with Crippen molar-refractivity contribution in [2.24, 2.45) is 11.1 Å². The van der Waals surface area contributed by atoms with Crippen molar-refractivity contribution in [3.8, 4) is 0 Å². The van der Waals surface area contributed by atoms with Gasteiger partial charge in [0.05, 0.1) is 11.3 Å². The Hall–Kier alpha value is -1.23. The number of aryl methyl sites for hydroxylation is 1. The SMILES string of the molecule is CCC1(CC)CCN(c2nnc(C)c(C)c2C(N)=S)C1. The van der Waals surface area contributed by atoms with Gasteiger partial charge in [-0.25, -0.2) is 0 Å². The molecule has 1 saturated heterocycles. The van der Waals surface area contributed by atoms with Crippen LogP contribution >= 0.6 is 12.2 Å². The lowest BCUT2D eigenvalue weighted by molar-refractivity contribution is 0.301. The molecule has 0 spiro atoms. The van der Waals surface area contributed by atoms with Gasteiger partial charge >= 0.3 is 0 Å². The van der Waals surface area contributed by atoms with E-state index in [1.54, 1.807) is 0 Å². The average Bonchev–Trinajstić information content (AvgIpc) is 2.86. The van der Waals surface area contributed by atoms with E-state index in [0.717, 1.165) is 35.7 Å². The first kappa shape index (κ1) is 15.2. The number of aromatic nitrogens is 2. The standard InChI is InChI=1S/C15H24N4S/c1-5-15(6-2)7-8-19(9-15)14-12(13(16)20)10(3)11(4)17-18-14/h5-9H2,1-4H3,(H2,16,20). The van der Waals surface area contributed by atoms with Crippen LogP contribution in [0.15, 0.2) is 0 Å².